The van der Waals surface area contributed by atoms with E-state index in [2.05, 4.69) is 59.2 Å². The number of nitrogens with zero attached hydrogens (tertiary/aromatic N) is 2. The summed E-state index contributed by atoms with van der Waals surface area (Å²) in [6.45, 7) is 2.12. The molecule has 3 heteroatoms. The monoisotopic (exact) mass is 297 g/mol. The van der Waals surface area contributed by atoms with E-state index in [1.807, 2.05) is 24.4 Å². The lowest BCUT2D eigenvalue weighted by Crippen LogP contribution is -1.95. The first-order valence-electron chi connectivity index (χ1n) is 7.75. The Morgan fingerprint density at radius 3 is 2.65 bits per heavy atom. The smallest absolute Gasteiger partial charge is 0.0980 e. The first-order valence-corrected chi connectivity index (χ1v) is 7.75. The maximum atomic E-state index is 4.90. The number of H-pyrrole nitrogens is 1. The van der Waals surface area contributed by atoms with Gasteiger partial charge in [0.25, 0.3) is 0 Å². The number of benzene rings is 3. The second kappa shape index (κ2) is 4.46. The van der Waals surface area contributed by atoms with Gasteiger partial charge >= 0.3 is 0 Å². The van der Waals surface area contributed by atoms with Gasteiger partial charge in [0, 0.05) is 22.4 Å². The summed E-state index contributed by atoms with van der Waals surface area (Å²) in [5.41, 5.74) is 5.60. The average Bonchev–Trinajstić information content (AvgIpc) is 3.16. The highest BCUT2D eigenvalue weighted by Crippen LogP contribution is 2.32. The summed E-state index contributed by atoms with van der Waals surface area (Å²) >= 11 is 0. The third kappa shape index (κ3) is 1.73. The lowest BCUT2D eigenvalue weighted by atomic mass is 10.1. The molecule has 0 aliphatic heterocycles. The molecule has 3 nitrogen and oxygen atoms in total. The zero-order valence-electron chi connectivity index (χ0n) is 12.7. The molecule has 5 rings (SSSR count). The Balaban J connectivity index is 1.95. The number of para-hydroxylation sites is 1. The van der Waals surface area contributed by atoms with E-state index in [9.17, 15) is 0 Å². The molecule has 0 unspecified atom stereocenters. The van der Waals surface area contributed by atoms with Crippen LogP contribution in [-0.4, -0.2) is 14.8 Å². The van der Waals surface area contributed by atoms with Crippen molar-refractivity contribution in [3.63, 3.8) is 0 Å². The van der Waals surface area contributed by atoms with Crippen molar-refractivity contribution in [2.75, 3.05) is 0 Å². The summed E-state index contributed by atoms with van der Waals surface area (Å²) in [6, 6.07) is 21.1. The first-order chi connectivity index (χ1) is 11.3. The van der Waals surface area contributed by atoms with Crippen LogP contribution in [0.25, 0.3) is 38.4 Å². The van der Waals surface area contributed by atoms with Crippen molar-refractivity contribution in [2.45, 2.75) is 6.92 Å². The first kappa shape index (κ1) is 12.5. The van der Waals surface area contributed by atoms with Gasteiger partial charge in [-0.1, -0.05) is 42.0 Å². The lowest BCUT2D eigenvalue weighted by Gasteiger charge is -2.05. The van der Waals surface area contributed by atoms with Gasteiger partial charge in [0.05, 0.1) is 22.2 Å². The number of rotatable bonds is 1. The molecule has 0 amide bonds. The van der Waals surface area contributed by atoms with Crippen LogP contribution in [0.3, 0.4) is 0 Å². The number of hydrogen-bond donors (Lipinski definition) is 1. The van der Waals surface area contributed by atoms with Gasteiger partial charge < -0.3 is 5.10 Å². The van der Waals surface area contributed by atoms with Crippen molar-refractivity contribution in [1.29, 1.82) is 0 Å². The van der Waals surface area contributed by atoms with E-state index in [-0.39, 0.29) is 0 Å². The van der Waals surface area contributed by atoms with E-state index in [0.29, 0.717) is 0 Å². The highest BCUT2D eigenvalue weighted by molar-refractivity contribution is 6.16. The van der Waals surface area contributed by atoms with Crippen molar-refractivity contribution in [3.8, 4) is 5.69 Å². The minimum Gasteiger partial charge on any atom is -0.300 e. The second-order valence-electron chi connectivity index (χ2n) is 5.98. The fourth-order valence-electron chi connectivity index (χ4n) is 3.34. The molecule has 0 spiro atoms. The van der Waals surface area contributed by atoms with Gasteiger partial charge in [0.15, 0.2) is 0 Å². The van der Waals surface area contributed by atoms with E-state index in [1.165, 1.54) is 21.7 Å². The summed E-state index contributed by atoms with van der Waals surface area (Å²) in [5, 5.41) is 6.96. The van der Waals surface area contributed by atoms with Crippen LogP contribution >= 0.6 is 0 Å². The van der Waals surface area contributed by atoms with Gasteiger partial charge in [0.2, 0.25) is 0 Å². The molecule has 3 aromatic carbocycles. The van der Waals surface area contributed by atoms with Crippen LogP contribution in [0.2, 0.25) is 0 Å². The van der Waals surface area contributed by atoms with Crippen LogP contribution in [0.1, 0.15) is 5.56 Å². The summed E-state index contributed by atoms with van der Waals surface area (Å²) < 4.78 is 2.11. The Hall–Kier alpha value is -3.07. The van der Waals surface area contributed by atoms with Gasteiger partial charge in [-0.3, -0.25) is 4.68 Å². The molecule has 0 fully saturated rings. The number of hydrogen-bond acceptors (Lipinski definition) is 1. The molecule has 5 aromatic rings. The maximum Gasteiger partial charge on any atom is 0.0980 e. The van der Waals surface area contributed by atoms with Gasteiger partial charge in [-0.25, -0.2) is 4.98 Å². The van der Waals surface area contributed by atoms with E-state index in [0.717, 1.165) is 22.2 Å². The minimum absolute atomic E-state index is 1.05. The van der Waals surface area contributed by atoms with Crippen molar-refractivity contribution < 1.29 is 0 Å². The third-order valence-electron chi connectivity index (χ3n) is 4.44. The number of aromatic nitrogens is 3. The molecule has 1 N–H and O–H groups in total. The van der Waals surface area contributed by atoms with Crippen molar-refractivity contribution in [3.05, 3.63) is 72.4 Å². The van der Waals surface area contributed by atoms with Gasteiger partial charge in [-0.2, -0.15) is 0 Å². The average molecular weight is 297 g/mol. The van der Waals surface area contributed by atoms with E-state index < -0.39 is 0 Å². The van der Waals surface area contributed by atoms with Crippen LogP contribution < -0.4 is 0 Å². The summed E-state index contributed by atoms with van der Waals surface area (Å²) in [7, 11) is 0. The van der Waals surface area contributed by atoms with Crippen LogP contribution in [0.4, 0.5) is 0 Å². The molecule has 2 heterocycles. The lowest BCUT2D eigenvalue weighted by molar-refractivity contribution is 0.913. The molecule has 0 radical (unpaired) electrons. The highest BCUT2D eigenvalue weighted by Gasteiger charge is 2.13. The Kier molecular flexibility index (Phi) is 2.42. The van der Waals surface area contributed by atoms with Crippen LogP contribution in [0.5, 0.6) is 0 Å². The highest BCUT2D eigenvalue weighted by atomic mass is 15.3. The number of fused-ring (bicyclic) bond motifs is 5. The normalized spacial score (nSPS) is 11.7. The Bertz CT molecular complexity index is 1160. The molecule has 0 saturated heterocycles. The number of nitrogens with one attached hydrogen (secondary N) is 1. The third-order valence-corrected chi connectivity index (χ3v) is 4.44. The van der Waals surface area contributed by atoms with Crippen LogP contribution in [-0.2, 0) is 0 Å². The largest absolute Gasteiger partial charge is 0.300 e. The Morgan fingerprint density at radius 1 is 0.913 bits per heavy atom. The predicted molar refractivity (Wildman–Crippen MR) is 95.2 cm³/mol. The fraction of sp³-hybridized carbons (Fsp3) is 0.0500. The topological polar surface area (TPSA) is 33.6 Å². The molecule has 0 atom stereocenters. The molecule has 0 bridgehead atoms. The van der Waals surface area contributed by atoms with E-state index in [4.69, 9.17) is 4.98 Å². The van der Waals surface area contributed by atoms with Crippen LogP contribution in [0.15, 0.2) is 66.9 Å². The van der Waals surface area contributed by atoms with Crippen molar-refractivity contribution in [1.82, 2.24) is 14.8 Å². The fourth-order valence-corrected chi connectivity index (χ4v) is 3.34. The number of aryl methyl sites for hydroxylation is 1. The molecule has 23 heavy (non-hydrogen) atoms. The summed E-state index contributed by atoms with van der Waals surface area (Å²) in [5.74, 6) is 0. The summed E-state index contributed by atoms with van der Waals surface area (Å²) in [6.07, 6.45) is 2.03. The minimum atomic E-state index is 1.05. The predicted octanol–water partition coefficient (Wildman–Crippen LogP) is 4.97. The maximum absolute atomic E-state index is 4.90. The molecule has 110 valence electrons. The zero-order chi connectivity index (χ0) is 15.4. The second-order valence-corrected chi connectivity index (χ2v) is 5.98. The summed E-state index contributed by atoms with van der Waals surface area (Å²) in [4.78, 5) is 4.90. The van der Waals surface area contributed by atoms with Crippen molar-refractivity contribution in [2.24, 2.45) is 0 Å². The van der Waals surface area contributed by atoms with Gasteiger partial charge in [-0.05, 0) is 31.2 Å². The quantitative estimate of drug-likeness (QED) is 0.465. The van der Waals surface area contributed by atoms with E-state index >= 15 is 0 Å². The zero-order valence-corrected chi connectivity index (χ0v) is 12.7. The molecule has 0 aliphatic rings. The molecule has 2 aromatic heterocycles. The van der Waals surface area contributed by atoms with Crippen molar-refractivity contribution >= 4 is 32.7 Å². The van der Waals surface area contributed by atoms with Gasteiger partial charge in [-0.15, -0.1) is 0 Å². The SMILES string of the molecule is Cc1ccc2nc3c(ccc4c[nH]n(-c5ccccc5)c43)c2c1. The Labute approximate surface area is 133 Å². The van der Waals surface area contributed by atoms with E-state index in [1.54, 1.807) is 0 Å². The van der Waals surface area contributed by atoms with Crippen LogP contribution in [0, 0.1) is 6.92 Å². The molecular weight excluding hydrogens is 282 g/mol. The molecule has 0 aliphatic carbocycles. The van der Waals surface area contributed by atoms with Gasteiger partial charge in [0.1, 0.15) is 0 Å². The number of aromatic amines is 1. The Morgan fingerprint density at radius 2 is 1.78 bits per heavy atom. The molecular formula is C20H15N3. The molecule has 0 saturated carbocycles. The standard InChI is InChI=1S/C20H15N3/c1-13-7-10-18-17(11-13)16-9-8-14-12-21-23(20(14)19(16)22-18)15-5-3-2-4-6-15/h2-12,21H,1H3.